The number of aromatic nitrogens is 2. The third-order valence-corrected chi connectivity index (χ3v) is 4.54. The van der Waals surface area contributed by atoms with Crippen molar-refractivity contribution in [1.29, 1.82) is 0 Å². The van der Waals surface area contributed by atoms with E-state index in [9.17, 15) is 31.1 Å². The van der Waals surface area contributed by atoms with Gasteiger partial charge in [0.15, 0.2) is 23.2 Å². The van der Waals surface area contributed by atoms with Crippen molar-refractivity contribution in [2.45, 2.75) is 6.61 Å². The van der Waals surface area contributed by atoms with Crippen LogP contribution in [0.15, 0.2) is 65.8 Å². The average molecular weight is 463 g/mol. The molecule has 0 radical (unpaired) electrons. The molecule has 0 N–H and O–H groups in total. The molecule has 0 unspecified atom stereocenters. The highest BCUT2D eigenvalue weighted by Crippen LogP contribution is 2.35. The van der Waals surface area contributed by atoms with E-state index in [-0.39, 0.29) is 17.3 Å². The van der Waals surface area contributed by atoms with Crippen molar-refractivity contribution >= 4 is 23.4 Å². The van der Waals surface area contributed by atoms with Gasteiger partial charge in [-0.3, -0.25) is 9.20 Å². The Kier molecular flexibility index (Phi) is 5.86. The van der Waals surface area contributed by atoms with Crippen LogP contribution in [0.1, 0.15) is 15.9 Å². The topological polar surface area (TPSA) is 56.0 Å². The number of imidazole rings is 1. The summed E-state index contributed by atoms with van der Waals surface area (Å²) in [5, 5.41) is 0. The third-order valence-electron chi connectivity index (χ3n) is 4.54. The van der Waals surface area contributed by atoms with Crippen molar-refractivity contribution < 1.29 is 35.9 Å². The number of ketones is 1. The second kappa shape index (κ2) is 8.77. The van der Waals surface area contributed by atoms with Gasteiger partial charge in [0.1, 0.15) is 17.2 Å². The lowest BCUT2D eigenvalue weighted by molar-refractivity contribution is -0.0688. The van der Waals surface area contributed by atoms with E-state index in [1.165, 1.54) is 18.3 Å². The van der Waals surface area contributed by atoms with E-state index < -0.39 is 53.1 Å². The van der Waals surface area contributed by atoms with Gasteiger partial charge in [0, 0.05) is 29.0 Å². The molecule has 2 heterocycles. The predicted molar refractivity (Wildman–Crippen MR) is 106 cm³/mol. The van der Waals surface area contributed by atoms with Crippen molar-refractivity contribution in [2.75, 3.05) is 0 Å². The zero-order valence-corrected chi connectivity index (χ0v) is 16.3. The third kappa shape index (κ3) is 4.43. The first-order valence-corrected chi connectivity index (χ1v) is 9.20. The quantitative estimate of drug-likeness (QED) is 0.123. The standard InChI is InChI=1S/C22H11F6N3O2/c23-14-9-16(25)15(24)8-13(14)18-20(30-22(28)33-21(26)27)29-17-7-6-12(10-31(17)18)19(32)11-4-2-1-3-5-11/h1-10,21H/b30-22-. The highest BCUT2D eigenvalue weighted by molar-refractivity contribution is 6.09. The number of ether oxygens (including phenoxy) is 1. The van der Waals surface area contributed by atoms with E-state index in [2.05, 4.69) is 14.7 Å². The molecule has 4 aromatic rings. The normalized spacial score (nSPS) is 11.9. The Morgan fingerprint density at radius 2 is 1.64 bits per heavy atom. The van der Waals surface area contributed by atoms with Gasteiger partial charge in [-0.2, -0.15) is 13.8 Å². The van der Waals surface area contributed by atoms with E-state index in [0.717, 1.165) is 4.40 Å². The molecule has 0 atom stereocenters. The second-order valence-corrected chi connectivity index (χ2v) is 6.61. The summed E-state index contributed by atoms with van der Waals surface area (Å²) in [5.74, 6) is -5.27. The Balaban J connectivity index is 1.95. The van der Waals surface area contributed by atoms with Gasteiger partial charge in [0.05, 0.1) is 0 Å². The molecule has 0 saturated carbocycles. The molecule has 0 spiro atoms. The average Bonchev–Trinajstić information content (AvgIpc) is 3.12. The van der Waals surface area contributed by atoms with E-state index in [0.29, 0.717) is 11.6 Å². The Labute approximate surface area is 181 Å². The number of alkyl halides is 2. The number of carbonyl (C=O) groups is 1. The molecule has 2 aromatic carbocycles. The highest BCUT2D eigenvalue weighted by atomic mass is 19.3. The maximum Gasteiger partial charge on any atom is 0.390 e. The number of aliphatic imine (C=N–C) groups is 1. The minimum Gasteiger partial charge on any atom is -0.393 e. The fraction of sp³-hybridized carbons (Fsp3) is 0.0455. The summed E-state index contributed by atoms with van der Waals surface area (Å²) in [6, 6.07) is 11.5. The van der Waals surface area contributed by atoms with Crippen LogP contribution in [0.4, 0.5) is 32.2 Å². The number of rotatable bonds is 5. The number of hydrogen-bond donors (Lipinski definition) is 0. The molecule has 0 amide bonds. The molecule has 0 aliphatic heterocycles. The number of pyridine rings is 1. The lowest BCUT2D eigenvalue weighted by Gasteiger charge is -2.08. The molecule has 5 nitrogen and oxygen atoms in total. The number of nitrogens with zero attached hydrogens (tertiary/aromatic N) is 3. The van der Waals surface area contributed by atoms with E-state index in [1.807, 2.05) is 0 Å². The number of fused-ring (bicyclic) bond motifs is 1. The minimum atomic E-state index is -3.54. The summed E-state index contributed by atoms with van der Waals surface area (Å²) in [4.78, 5) is 19.9. The van der Waals surface area contributed by atoms with Crippen LogP contribution in [-0.4, -0.2) is 27.9 Å². The van der Waals surface area contributed by atoms with Crippen molar-refractivity contribution in [3.05, 3.63) is 89.4 Å². The van der Waals surface area contributed by atoms with Gasteiger partial charge in [0.25, 0.3) is 0 Å². The zero-order valence-electron chi connectivity index (χ0n) is 16.3. The van der Waals surface area contributed by atoms with Crippen LogP contribution in [0.2, 0.25) is 0 Å². The van der Waals surface area contributed by atoms with Crippen molar-refractivity contribution in [1.82, 2.24) is 9.38 Å². The van der Waals surface area contributed by atoms with Gasteiger partial charge in [-0.1, -0.05) is 30.3 Å². The first-order valence-electron chi connectivity index (χ1n) is 9.20. The number of halogens is 6. The number of hydrogen-bond acceptors (Lipinski definition) is 4. The smallest absolute Gasteiger partial charge is 0.390 e. The molecule has 0 aliphatic carbocycles. The highest BCUT2D eigenvalue weighted by Gasteiger charge is 2.22. The Morgan fingerprint density at radius 3 is 2.33 bits per heavy atom. The van der Waals surface area contributed by atoms with Gasteiger partial charge in [-0.25, -0.2) is 18.2 Å². The zero-order chi connectivity index (χ0) is 23.7. The maximum absolute atomic E-state index is 14.6. The van der Waals surface area contributed by atoms with Crippen molar-refractivity contribution in [2.24, 2.45) is 4.99 Å². The van der Waals surface area contributed by atoms with Gasteiger partial charge < -0.3 is 4.74 Å². The molecule has 168 valence electrons. The largest absolute Gasteiger partial charge is 0.393 e. The molecule has 33 heavy (non-hydrogen) atoms. The molecular weight excluding hydrogens is 452 g/mol. The van der Waals surface area contributed by atoms with E-state index in [4.69, 9.17) is 0 Å². The monoisotopic (exact) mass is 463 g/mol. The Bertz CT molecular complexity index is 1390. The SMILES string of the molecule is O=C(c1ccccc1)c1ccc2nc(/N=C(/F)OC(F)F)c(-c3cc(F)c(F)cc3F)n2c1. The van der Waals surface area contributed by atoms with Gasteiger partial charge in [0.2, 0.25) is 0 Å². The van der Waals surface area contributed by atoms with Crippen LogP contribution >= 0.6 is 0 Å². The summed E-state index contributed by atoms with van der Waals surface area (Å²) in [6.45, 7) is -3.54. The van der Waals surface area contributed by atoms with Crippen LogP contribution in [0.5, 0.6) is 0 Å². The lowest BCUT2D eigenvalue weighted by atomic mass is 10.1. The van der Waals surface area contributed by atoms with Gasteiger partial charge in [-0.05, 0) is 18.2 Å². The molecule has 0 fully saturated rings. The summed E-state index contributed by atoms with van der Waals surface area (Å²) < 4.78 is 84.9. The second-order valence-electron chi connectivity index (χ2n) is 6.61. The van der Waals surface area contributed by atoms with E-state index in [1.54, 1.807) is 30.3 Å². The Morgan fingerprint density at radius 1 is 0.939 bits per heavy atom. The van der Waals surface area contributed by atoms with Gasteiger partial charge >= 0.3 is 12.8 Å². The Hall–Kier alpha value is -4.15. The fourth-order valence-electron chi connectivity index (χ4n) is 3.14. The molecule has 0 saturated heterocycles. The number of benzene rings is 2. The molecule has 0 aliphatic rings. The van der Waals surface area contributed by atoms with Crippen molar-refractivity contribution in [3.63, 3.8) is 0 Å². The van der Waals surface area contributed by atoms with Crippen LogP contribution < -0.4 is 0 Å². The lowest BCUT2D eigenvalue weighted by Crippen LogP contribution is -2.04. The molecule has 11 heteroatoms. The van der Waals surface area contributed by atoms with Crippen LogP contribution in [0.3, 0.4) is 0 Å². The van der Waals surface area contributed by atoms with Crippen LogP contribution in [0, 0.1) is 17.5 Å². The van der Waals surface area contributed by atoms with Crippen molar-refractivity contribution in [3.8, 4) is 11.3 Å². The fourth-order valence-corrected chi connectivity index (χ4v) is 3.14. The summed E-state index contributed by atoms with van der Waals surface area (Å²) in [5.41, 5.74) is -0.615. The molecular formula is C22H11F6N3O2. The first kappa shape index (κ1) is 22.1. The first-order chi connectivity index (χ1) is 15.7. The van der Waals surface area contributed by atoms with Crippen LogP contribution in [-0.2, 0) is 4.74 Å². The summed E-state index contributed by atoms with van der Waals surface area (Å²) in [7, 11) is 0. The predicted octanol–water partition coefficient (Wildman–Crippen LogP) is 5.85. The van der Waals surface area contributed by atoms with E-state index >= 15 is 0 Å². The van der Waals surface area contributed by atoms with Gasteiger partial charge in [-0.15, -0.1) is 4.39 Å². The minimum absolute atomic E-state index is 0.0117. The van der Waals surface area contributed by atoms with Crippen LogP contribution in [0.25, 0.3) is 16.9 Å². The maximum atomic E-state index is 14.6. The molecule has 2 aromatic heterocycles. The summed E-state index contributed by atoms with van der Waals surface area (Å²) >= 11 is 0. The molecule has 0 bridgehead atoms. The summed E-state index contributed by atoms with van der Waals surface area (Å²) in [6.07, 6.45) is -0.781. The molecule has 4 rings (SSSR count). The number of carbonyl (C=O) groups excluding carboxylic acids is 1.